The van der Waals surface area contributed by atoms with Gasteiger partial charge in [-0.15, -0.1) is 0 Å². The van der Waals surface area contributed by atoms with Crippen LogP contribution in [0.1, 0.15) is 96.9 Å². The van der Waals surface area contributed by atoms with Crippen molar-refractivity contribution in [1.29, 1.82) is 0 Å². The number of nitrogens with two attached hydrogens (primary N) is 4. The molecule has 4 rings (SSSR count). The number of nitrogens with one attached hydrogen (secondary N) is 10. The molecule has 1 fully saturated rings. The smallest absolute Gasteiger partial charge is 0.331 e. The highest BCUT2D eigenvalue weighted by Crippen LogP contribution is 2.25. The Morgan fingerprint density at radius 3 is 1.76 bits per heavy atom. The van der Waals surface area contributed by atoms with Crippen molar-refractivity contribution in [3.05, 3.63) is 112 Å². The van der Waals surface area contributed by atoms with Gasteiger partial charge in [0.2, 0.25) is 65.0 Å². The van der Waals surface area contributed by atoms with Crippen LogP contribution in [0.15, 0.2) is 89.9 Å². The van der Waals surface area contributed by atoms with Crippen LogP contribution in [0.2, 0.25) is 0 Å². The van der Waals surface area contributed by atoms with E-state index in [0.717, 1.165) is 19.1 Å². The number of nitrogens with zero attached hydrogens (tertiary/aromatic N) is 2. The number of non-ortho nitro benzene ring substituents is 1. The Morgan fingerprint density at radius 1 is 0.657 bits per heavy atom. The second-order valence-corrected chi connectivity index (χ2v) is 24.6. The predicted molar refractivity (Wildman–Crippen MR) is 354 cm³/mol. The van der Waals surface area contributed by atoms with E-state index in [1.54, 1.807) is 58.0 Å². The lowest BCUT2D eigenvalue weighted by Gasteiger charge is -2.33. The number of amides is 11. The van der Waals surface area contributed by atoms with Gasteiger partial charge < -0.3 is 101 Å². The van der Waals surface area contributed by atoms with Gasteiger partial charge in [0.15, 0.2) is 24.2 Å². The van der Waals surface area contributed by atoms with E-state index in [4.69, 9.17) is 27.7 Å². The maximum absolute atomic E-state index is 15.6. The maximum atomic E-state index is 15.6. The van der Waals surface area contributed by atoms with Gasteiger partial charge in [-0.1, -0.05) is 121 Å². The molecular formula is C64H92N16O19. The van der Waals surface area contributed by atoms with Crippen LogP contribution in [-0.4, -0.2) is 201 Å². The van der Waals surface area contributed by atoms with E-state index in [1.807, 2.05) is 10.6 Å². The molecule has 3 aromatic carbocycles. The quantitative estimate of drug-likeness (QED) is 0.00996. The molecule has 11 amide bonds. The summed E-state index contributed by atoms with van der Waals surface area (Å²) in [6.45, 7) is 7.96. The van der Waals surface area contributed by atoms with Crippen LogP contribution in [0.4, 0.5) is 5.69 Å². The van der Waals surface area contributed by atoms with Crippen molar-refractivity contribution in [1.82, 2.24) is 53.2 Å². The van der Waals surface area contributed by atoms with E-state index in [1.165, 1.54) is 56.3 Å². The molecule has 0 spiro atoms. The molecule has 0 bridgehead atoms. The van der Waals surface area contributed by atoms with Crippen molar-refractivity contribution in [3.63, 3.8) is 0 Å². The van der Waals surface area contributed by atoms with Crippen molar-refractivity contribution in [2.24, 2.45) is 45.7 Å². The third-order valence-corrected chi connectivity index (χ3v) is 15.9. The molecule has 3 aromatic rings. The number of hydrogen-bond acceptors (Lipinski definition) is 21. The van der Waals surface area contributed by atoms with Crippen molar-refractivity contribution >= 4 is 82.6 Å². The van der Waals surface area contributed by atoms with Crippen LogP contribution in [0.25, 0.3) is 0 Å². The zero-order valence-electron chi connectivity index (χ0n) is 55.9. The van der Waals surface area contributed by atoms with E-state index in [-0.39, 0.29) is 61.4 Å². The number of cyclic esters (lactones) is 1. The van der Waals surface area contributed by atoms with Crippen molar-refractivity contribution in [2.45, 2.75) is 172 Å². The van der Waals surface area contributed by atoms with E-state index in [9.17, 15) is 73.7 Å². The van der Waals surface area contributed by atoms with Crippen LogP contribution in [0, 0.1) is 27.9 Å². The second kappa shape index (κ2) is 39.2. The summed E-state index contributed by atoms with van der Waals surface area (Å²) < 4.78 is 5.95. The summed E-state index contributed by atoms with van der Waals surface area (Å²) in [5, 5.41) is 79.8. The number of esters is 1. The Kier molecular flexibility index (Phi) is 32.2. The molecule has 99 heavy (non-hydrogen) atoms. The number of carbonyl (C=O) groups is 12. The molecule has 0 unspecified atom stereocenters. The van der Waals surface area contributed by atoms with Gasteiger partial charge in [0.1, 0.15) is 48.3 Å². The number of hydrogen-bond donors (Lipinski definition) is 18. The number of aliphatic hydroxyl groups excluding tert-OH is 4. The Hall–Kier alpha value is -10.2. The molecule has 1 aliphatic heterocycles. The van der Waals surface area contributed by atoms with E-state index in [0.29, 0.717) is 5.56 Å². The normalized spacial score (nSPS) is 23.3. The zero-order valence-corrected chi connectivity index (χ0v) is 55.9. The lowest BCUT2D eigenvalue weighted by molar-refractivity contribution is -0.384. The lowest BCUT2D eigenvalue weighted by Crippen LogP contribution is -2.64. The fraction of sp³-hybridized carbons (Fsp3) is 0.516. The third-order valence-electron chi connectivity index (χ3n) is 15.9. The van der Waals surface area contributed by atoms with E-state index in [2.05, 4.69) is 47.5 Å². The zero-order chi connectivity index (χ0) is 74.0. The minimum Gasteiger partial charge on any atom is -0.453 e. The number of rotatable bonds is 24. The topological polar surface area (TPSA) is 575 Å². The van der Waals surface area contributed by atoms with Crippen LogP contribution >= 0.6 is 0 Å². The van der Waals surface area contributed by atoms with E-state index < -0.39 is 198 Å². The fourth-order valence-electron chi connectivity index (χ4n) is 10.1. The van der Waals surface area contributed by atoms with Gasteiger partial charge >= 0.3 is 5.97 Å². The average Bonchev–Trinajstić information content (AvgIpc) is 0.815. The minimum absolute atomic E-state index is 0.0146. The number of primary amides is 1. The molecule has 0 aromatic heterocycles. The first kappa shape index (κ1) is 81.2. The molecular weight excluding hydrogens is 1300 g/mol. The number of nitro benzene ring substituents is 1. The SMILES string of the molecule is CC[C@H](C)[C@@H]1NC(=O)[C@@H](CCCN=C(N)N)NC(=O)[C@H](CC(C)C)NC(=O)[C@H]([C@H](O)C(C)C)NC(=O)[C@@H](NC(=O)[C@H](Cc2ccc([N+](=O)[O-])cc2)NC(=O)[C@H](N)Cc2ccccc2)[C@@H](c2ccccc2)OC(=O)[C@H](CO)NC(=O)[C@H]([C@H](O)C(N)=O)NC(=O)CNC(=O)[C@H]([C@H](C)O)NC1=O. The van der Waals surface area contributed by atoms with Gasteiger partial charge in [0, 0.05) is 25.1 Å². The molecule has 35 nitrogen and oxygen atoms in total. The number of nitro groups is 1. The summed E-state index contributed by atoms with van der Waals surface area (Å²) in [5.74, 6) is -17.8. The second-order valence-electron chi connectivity index (χ2n) is 24.6. The molecule has 1 heterocycles. The summed E-state index contributed by atoms with van der Waals surface area (Å²) in [6, 6.07) is 1.16. The number of carbonyl (C=O) groups excluding carboxylic acids is 12. The molecule has 22 N–H and O–H groups in total. The molecule has 0 saturated carbocycles. The molecule has 0 aliphatic carbocycles. The van der Waals surface area contributed by atoms with Gasteiger partial charge in [-0.25, -0.2) is 4.79 Å². The summed E-state index contributed by atoms with van der Waals surface area (Å²) in [6.07, 6.45) is -9.14. The number of benzene rings is 3. The molecule has 1 saturated heterocycles. The van der Waals surface area contributed by atoms with Gasteiger partial charge in [0.25, 0.3) is 5.69 Å². The summed E-state index contributed by atoms with van der Waals surface area (Å²) in [4.78, 5) is 187. The Labute approximate surface area is 570 Å². The highest BCUT2D eigenvalue weighted by atomic mass is 16.6. The number of guanidine groups is 1. The highest BCUT2D eigenvalue weighted by molar-refractivity contribution is 6.00. The Bertz CT molecular complexity index is 3320. The fourth-order valence-corrected chi connectivity index (χ4v) is 10.1. The van der Waals surface area contributed by atoms with Crippen molar-refractivity contribution < 1.29 is 87.6 Å². The van der Waals surface area contributed by atoms with Gasteiger partial charge in [-0.05, 0) is 67.1 Å². The first-order chi connectivity index (χ1) is 46.7. The molecule has 1 aliphatic rings. The number of ether oxygens (including phenoxy) is 1. The molecule has 542 valence electrons. The standard InChI is InChI=1S/C64H92N16O19/c1-8-33(6)45-59(92)77-46(34(7)82)58(91)70-29-44(83)75-48(51(85)53(66)86)61(94)74-43(30-81)63(96)99-52(37-18-13-10-14-19-37)49(79-57(90)42(28-36-21-23-38(24-22-36)80(97)98)72-54(87)39(65)27-35-16-11-9-12-17-35)62(95)78-47(50(84)32(4)5)60(93)73-41(26-31(2)3)56(89)71-40(55(88)76-45)20-15-25-69-64(67)68/h9-14,16-19,21-24,31-34,39-43,45-52,81-82,84-85H,8,15,20,25-30,65H2,1-7H3,(H2,66,86)(H,70,91)(H,71,89)(H,72,87)(H,73,93)(H,74,94)(H,75,83)(H,76,88)(H,77,92)(H,78,95)(H,79,90)(H4,67,68,69)/t33-,34-,39+,40+,41-,42-,43-,45-,46-,47-,48-,49-,50+,51-,52+/m0/s1. The average molecular weight is 1390 g/mol. The summed E-state index contributed by atoms with van der Waals surface area (Å²) in [7, 11) is 0. The van der Waals surface area contributed by atoms with Crippen LogP contribution in [-0.2, 0) is 75.1 Å². The van der Waals surface area contributed by atoms with E-state index >= 15 is 14.4 Å². The van der Waals surface area contributed by atoms with Crippen LogP contribution in [0.5, 0.6) is 0 Å². The molecule has 35 heteroatoms. The Balaban J connectivity index is 2.02. The predicted octanol–water partition coefficient (Wildman–Crippen LogP) is -5.13. The lowest BCUT2D eigenvalue weighted by atomic mass is 9.95. The first-order valence-electron chi connectivity index (χ1n) is 32.0. The molecule has 15 atom stereocenters. The summed E-state index contributed by atoms with van der Waals surface area (Å²) in [5.41, 5.74) is 23.2. The first-order valence-corrected chi connectivity index (χ1v) is 32.0. The number of aliphatic hydroxyl groups is 4. The number of aliphatic imine (C=N–C) groups is 1. The maximum Gasteiger partial charge on any atom is 0.331 e. The monoisotopic (exact) mass is 1390 g/mol. The van der Waals surface area contributed by atoms with Crippen LogP contribution in [0.3, 0.4) is 0 Å². The molecule has 0 radical (unpaired) electrons. The Morgan fingerprint density at radius 2 is 1.20 bits per heavy atom. The highest BCUT2D eigenvalue weighted by Gasteiger charge is 2.44. The van der Waals surface area contributed by atoms with Gasteiger partial charge in [-0.3, -0.25) is 67.8 Å². The van der Waals surface area contributed by atoms with Gasteiger partial charge in [0.05, 0.1) is 36.3 Å². The van der Waals surface area contributed by atoms with Crippen molar-refractivity contribution in [2.75, 3.05) is 19.7 Å². The summed E-state index contributed by atoms with van der Waals surface area (Å²) >= 11 is 0. The van der Waals surface area contributed by atoms with Crippen LogP contribution < -0.4 is 76.1 Å². The van der Waals surface area contributed by atoms with Gasteiger partial charge in [-0.2, -0.15) is 0 Å². The minimum atomic E-state index is -2.62. The third kappa shape index (κ3) is 25.3. The van der Waals surface area contributed by atoms with Crippen molar-refractivity contribution in [3.8, 4) is 0 Å². The largest absolute Gasteiger partial charge is 0.453 e.